The predicted octanol–water partition coefficient (Wildman–Crippen LogP) is 1.23. The Kier molecular flexibility index (Phi) is 4.27. The van der Waals surface area contributed by atoms with Crippen molar-refractivity contribution >= 4 is 11.6 Å². The standard InChI is InChI=1S/C12H19N7/c1-9-11(13-3)16-10(2)17-12(9)14-5-4-7-19-8-6-15-18-19/h6,8H,4-5,7H2,1-3H3,(H2,13,14,16,17). The van der Waals surface area contributed by atoms with Crippen LogP contribution in [0.3, 0.4) is 0 Å². The van der Waals surface area contributed by atoms with Crippen molar-refractivity contribution in [1.82, 2.24) is 25.0 Å². The molecule has 7 nitrogen and oxygen atoms in total. The summed E-state index contributed by atoms with van der Waals surface area (Å²) in [6, 6.07) is 0. The minimum atomic E-state index is 0.758. The molecule has 2 aromatic rings. The third kappa shape index (κ3) is 3.40. The second-order valence-electron chi connectivity index (χ2n) is 4.29. The molecule has 0 unspecified atom stereocenters. The van der Waals surface area contributed by atoms with E-state index in [-0.39, 0.29) is 0 Å². The van der Waals surface area contributed by atoms with Crippen LogP contribution in [0.25, 0.3) is 0 Å². The summed E-state index contributed by atoms with van der Waals surface area (Å²) in [5.74, 6) is 2.51. The van der Waals surface area contributed by atoms with Crippen molar-refractivity contribution in [2.45, 2.75) is 26.8 Å². The van der Waals surface area contributed by atoms with E-state index in [1.54, 1.807) is 6.20 Å². The molecule has 2 rings (SSSR count). The summed E-state index contributed by atoms with van der Waals surface area (Å²) in [7, 11) is 1.86. The van der Waals surface area contributed by atoms with Gasteiger partial charge in [0.05, 0.1) is 6.20 Å². The van der Waals surface area contributed by atoms with Crippen LogP contribution in [0.15, 0.2) is 12.4 Å². The fraction of sp³-hybridized carbons (Fsp3) is 0.500. The molecule has 0 aliphatic rings. The highest BCUT2D eigenvalue weighted by molar-refractivity contribution is 5.56. The van der Waals surface area contributed by atoms with Crippen LogP contribution in [-0.2, 0) is 6.54 Å². The molecular formula is C12H19N7. The number of nitrogens with one attached hydrogen (secondary N) is 2. The lowest BCUT2D eigenvalue weighted by Crippen LogP contribution is -2.11. The second-order valence-corrected chi connectivity index (χ2v) is 4.29. The molecule has 0 bridgehead atoms. The minimum Gasteiger partial charge on any atom is -0.373 e. The van der Waals surface area contributed by atoms with E-state index in [0.717, 1.165) is 42.5 Å². The van der Waals surface area contributed by atoms with E-state index in [1.165, 1.54) is 0 Å². The third-order valence-corrected chi connectivity index (χ3v) is 2.82. The number of nitrogens with zero attached hydrogens (tertiary/aromatic N) is 5. The van der Waals surface area contributed by atoms with Crippen molar-refractivity contribution in [3.05, 3.63) is 23.8 Å². The average molecular weight is 261 g/mol. The van der Waals surface area contributed by atoms with Gasteiger partial charge in [-0.2, -0.15) is 0 Å². The lowest BCUT2D eigenvalue weighted by atomic mass is 10.3. The highest BCUT2D eigenvalue weighted by Crippen LogP contribution is 2.18. The van der Waals surface area contributed by atoms with Crippen molar-refractivity contribution in [2.24, 2.45) is 0 Å². The SMILES string of the molecule is CNc1nc(C)nc(NCCCn2ccnn2)c1C. The first-order valence-corrected chi connectivity index (χ1v) is 6.31. The van der Waals surface area contributed by atoms with E-state index >= 15 is 0 Å². The average Bonchev–Trinajstić information content (AvgIpc) is 2.91. The molecule has 2 N–H and O–H groups in total. The number of hydrogen-bond donors (Lipinski definition) is 2. The maximum atomic E-state index is 4.42. The molecule has 102 valence electrons. The molecular weight excluding hydrogens is 242 g/mol. The van der Waals surface area contributed by atoms with E-state index < -0.39 is 0 Å². The van der Waals surface area contributed by atoms with Gasteiger partial charge in [0, 0.05) is 31.9 Å². The van der Waals surface area contributed by atoms with Crippen LogP contribution in [0.2, 0.25) is 0 Å². The fourth-order valence-corrected chi connectivity index (χ4v) is 1.84. The van der Waals surface area contributed by atoms with Gasteiger partial charge in [0.2, 0.25) is 0 Å². The summed E-state index contributed by atoms with van der Waals surface area (Å²) in [5, 5.41) is 14.1. The van der Waals surface area contributed by atoms with Crippen molar-refractivity contribution in [2.75, 3.05) is 24.2 Å². The Balaban J connectivity index is 1.90. The van der Waals surface area contributed by atoms with Gasteiger partial charge in [-0.3, -0.25) is 4.68 Å². The molecule has 0 aromatic carbocycles. The highest BCUT2D eigenvalue weighted by atomic mass is 15.4. The van der Waals surface area contributed by atoms with E-state index in [9.17, 15) is 0 Å². The summed E-state index contributed by atoms with van der Waals surface area (Å²) in [6.07, 6.45) is 4.50. The first kappa shape index (κ1) is 13.3. The molecule has 0 amide bonds. The predicted molar refractivity (Wildman–Crippen MR) is 74.2 cm³/mol. The normalized spacial score (nSPS) is 10.5. The molecule has 19 heavy (non-hydrogen) atoms. The molecule has 2 aromatic heterocycles. The number of anilines is 2. The van der Waals surface area contributed by atoms with Crippen LogP contribution in [0.4, 0.5) is 11.6 Å². The van der Waals surface area contributed by atoms with Crippen LogP contribution in [0, 0.1) is 13.8 Å². The maximum absolute atomic E-state index is 4.42. The van der Waals surface area contributed by atoms with Crippen LogP contribution < -0.4 is 10.6 Å². The van der Waals surface area contributed by atoms with Gasteiger partial charge in [-0.1, -0.05) is 5.21 Å². The molecule has 0 aliphatic carbocycles. The number of hydrogen-bond acceptors (Lipinski definition) is 6. The van der Waals surface area contributed by atoms with Crippen LogP contribution in [0.5, 0.6) is 0 Å². The first-order valence-electron chi connectivity index (χ1n) is 6.31. The van der Waals surface area contributed by atoms with Crippen molar-refractivity contribution in [3.63, 3.8) is 0 Å². The van der Waals surface area contributed by atoms with Gasteiger partial charge >= 0.3 is 0 Å². The Labute approximate surface area is 112 Å². The monoisotopic (exact) mass is 261 g/mol. The number of rotatable bonds is 6. The molecule has 2 heterocycles. The molecule has 0 saturated carbocycles. The maximum Gasteiger partial charge on any atom is 0.134 e. The van der Waals surface area contributed by atoms with Crippen molar-refractivity contribution in [3.8, 4) is 0 Å². The summed E-state index contributed by atoms with van der Waals surface area (Å²) in [5.41, 5.74) is 1.04. The van der Waals surface area contributed by atoms with Gasteiger partial charge in [0.1, 0.15) is 17.5 Å². The summed E-state index contributed by atoms with van der Waals surface area (Å²) in [6.45, 7) is 5.57. The minimum absolute atomic E-state index is 0.758. The van der Waals surface area contributed by atoms with Crippen LogP contribution >= 0.6 is 0 Å². The lowest BCUT2D eigenvalue weighted by Gasteiger charge is -2.12. The summed E-state index contributed by atoms with van der Waals surface area (Å²) >= 11 is 0. The van der Waals surface area contributed by atoms with Crippen molar-refractivity contribution < 1.29 is 0 Å². The van der Waals surface area contributed by atoms with Gasteiger partial charge < -0.3 is 10.6 Å². The Morgan fingerprint density at radius 1 is 1.21 bits per heavy atom. The second kappa shape index (κ2) is 6.12. The quantitative estimate of drug-likeness (QED) is 0.761. The molecule has 0 atom stereocenters. The zero-order chi connectivity index (χ0) is 13.7. The largest absolute Gasteiger partial charge is 0.373 e. The topological polar surface area (TPSA) is 80.5 Å². The van der Waals surface area contributed by atoms with Gasteiger partial charge in [-0.05, 0) is 20.3 Å². The Morgan fingerprint density at radius 3 is 2.68 bits per heavy atom. The summed E-state index contributed by atoms with van der Waals surface area (Å²) < 4.78 is 1.82. The molecule has 0 saturated heterocycles. The zero-order valence-electron chi connectivity index (χ0n) is 11.5. The van der Waals surface area contributed by atoms with E-state index in [0.29, 0.717) is 0 Å². The van der Waals surface area contributed by atoms with Gasteiger partial charge in [-0.15, -0.1) is 5.10 Å². The van der Waals surface area contributed by atoms with E-state index in [2.05, 4.69) is 30.9 Å². The molecule has 0 aliphatic heterocycles. The van der Waals surface area contributed by atoms with E-state index in [1.807, 2.05) is 31.8 Å². The van der Waals surface area contributed by atoms with Gasteiger partial charge in [0.15, 0.2) is 0 Å². The van der Waals surface area contributed by atoms with Crippen molar-refractivity contribution in [1.29, 1.82) is 0 Å². The lowest BCUT2D eigenvalue weighted by molar-refractivity contribution is 0.569. The molecule has 0 radical (unpaired) electrons. The smallest absolute Gasteiger partial charge is 0.134 e. The molecule has 7 heteroatoms. The molecule has 0 fully saturated rings. The fourth-order valence-electron chi connectivity index (χ4n) is 1.84. The summed E-state index contributed by atoms with van der Waals surface area (Å²) in [4.78, 5) is 8.76. The Hall–Kier alpha value is -2.18. The number of aromatic nitrogens is 5. The Morgan fingerprint density at radius 2 is 2.00 bits per heavy atom. The van der Waals surface area contributed by atoms with Gasteiger partial charge in [-0.25, -0.2) is 9.97 Å². The van der Waals surface area contributed by atoms with E-state index in [4.69, 9.17) is 0 Å². The zero-order valence-corrected chi connectivity index (χ0v) is 11.5. The third-order valence-electron chi connectivity index (χ3n) is 2.82. The van der Waals surface area contributed by atoms with Crippen LogP contribution in [-0.4, -0.2) is 38.6 Å². The number of aryl methyl sites for hydroxylation is 2. The van der Waals surface area contributed by atoms with Crippen LogP contribution in [0.1, 0.15) is 17.8 Å². The first-order chi connectivity index (χ1) is 9.20. The Bertz CT molecular complexity index is 521. The van der Waals surface area contributed by atoms with Gasteiger partial charge in [0.25, 0.3) is 0 Å². The molecule has 0 spiro atoms. The highest BCUT2D eigenvalue weighted by Gasteiger charge is 2.07.